The van der Waals surface area contributed by atoms with Gasteiger partial charge in [-0.3, -0.25) is 4.79 Å². The number of fused-ring (bicyclic) bond motifs is 2. The maximum absolute atomic E-state index is 13.2. The number of nitrogens with two attached hydrogens (primary N) is 1. The zero-order valence-corrected chi connectivity index (χ0v) is 16.7. The van der Waals surface area contributed by atoms with Crippen LogP contribution in [-0.2, 0) is 9.53 Å². The van der Waals surface area contributed by atoms with Gasteiger partial charge in [0.05, 0.1) is 12.6 Å². The molecule has 3 fully saturated rings. The molecule has 27 heavy (non-hydrogen) atoms. The van der Waals surface area contributed by atoms with Crippen molar-refractivity contribution in [3.05, 3.63) is 35.6 Å². The normalized spacial score (nSPS) is 36.0. The van der Waals surface area contributed by atoms with Crippen molar-refractivity contribution in [1.29, 1.82) is 0 Å². The predicted octanol–water partition coefficient (Wildman–Crippen LogP) is 3.69. The van der Waals surface area contributed by atoms with Crippen molar-refractivity contribution in [2.75, 3.05) is 13.1 Å². The summed E-state index contributed by atoms with van der Waals surface area (Å²) in [4.78, 5) is 15.2. The number of ether oxygens (including phenoxy) is 1. The molecule has 6 heteroatoms. The van der Waals surface area contributed by atoms with Crippen LogP contribution in [0.15, 0.2) is 24.3 Å². The first-order valence-electron chi connectivity index (χ1n) is 9.96. The summed E-state index contributed by atoms with van der Waals surface area (Å²) >= 11 is 0. The van der Waals surface area contributed by atoms with Crippen molar-refractivity contribution in [2.24, 2.45) is 23.5 Å². The minimum Gasteiger partial charge on any atom is -0.367 e. The van der Waals surface area contributed by atoms with Crippen LogP contribution in [0.5, 0.6) is 0 Å². The van der Waals surface area contributed by atoms with Gasteiger partial charge in [-0.25, -0.2) is 4.39 Å². The van der Waals surface area contributed by atoms with Gasteiger partial charge in [0, 0.05) is 18.5 Å². The monoisotopic (exact) mass is 396 g/mol. The molecule has 0 spiro atoms. The highest BCUT2D eigenvalue weighted by Gasteiger charge is 2.42. The van der Waals surface area contributed by atoms with Crippen molar-refractivity contribution in [2.45, 2.75) is 57.3 Å². The van der Waals surface area contributed by atoms with Crippen LogP contribution in [0.25, 0.3) is 0 Å². The lowest BCUT2D eigenvalue weighted by Crippen LogP contribution is -2.52. The highest BCUT2D eigenvalue weighted by molar-refractivity contribution is 5.85. The molecule has 0 aromatic heterocycles. The molecular formula is C21H30ClFN2O2. The summed E-state index contributed by atoms with van der Waals surface area (Å²) in [6, 6.07) is 6.69. The standard InChI is InChI=1S/C21H29FN2O2.ClH/c1-13-11-24(12-19(26-13)14-5-7-18(22)8-6-14)21(25)17-9-15-3-2-4-16(10-17)20(15)23;/h5-8,13,15-17,19-20H,2-4,9-12,23H2,1H3;1H. The quantitative estimate of drug-likeness (QED) is 0.829. The Labute approximate surface area is 167 Å². The molecule has 0 radical (unpaired) electrons. The first-order chi connectivity index (χ1) is 12.5. The largest absolute Gasteiger partial charge is 0.367 e. The molecular weight excluding hydrogens is 367 g/mol. The molecule has 1 aliphatic heterocycles. The van der Waals surface area contributed by atoms with Crippen LogP contribution >= 0.6 is 12.4 Å². The third-order valence-electron chi connectivity index (χ3n) is 6.58. The SMILES string of the molecule is CC1CN(C(=O)C2CC3CCCC(C2)C3N)CC(c2ccc(F)cc2)O1.Cl. The number of hydrogen-bond donors (Lipinski definition) is 1. The number of carbonyl (C=O) groups excluding carboxylic acids is 1. The molecule has 150 valence electrons. The van der Waals surface area contributed by atoms with E-state index in [2.05, 4.69) is 0 Å². The van der Waals surface area contributed by atoms with Gasteiger partial charge in [-0.05, 0) is 62.1 Å². The number of benzene rings is 1. The Morgan fingerprint density at radius 1 is 1.15 bits per heavy atom. The topological polar surface area (TPSA) is 55.6 Å². The van der Waals surface area contributed by atoms with E-state index in [4.69, 9.17) is 10.5 Å². The Bertz CT molecular complexity index is 642. The van der Waals surface area contributed by atoms with Gasteiger partial charge in [0.1, 0.15) is 11.9 Å². The van der Waals surface area contributed by atoms with Gasteiger partial charge in [0.25, 0.3) is 0 Å². The lowest BCUT2D eigenvalue weighted by molar-refractivity contribution is -0.152. The average molecular weight is 397 g/mol. The number of rotatable bonds is 2. The number of amides is 1. The van der Waals surface area contributed by atoms with E-state index in [0.29, 0.717) is 24.9 Å². The molecule has 1 heterocycles. The zero-order valence-electron chi connectivity index (χ0n) is 15.9. The van der Waals surface area contributed by atoms with E-state index < -0.39 is 0 Å². The molecule has 2 bridgehead atoms. The summed E-state index contributed by atoms with van der Waals surface area (Å²) in [5, 5.41) is 0. The van der Waals surface area contributed by atoms with Crippen molar-refractivity contribution in [3.63, 3.8) is 0 Å². The summed E-state index contributed by atoms with van der Waals surface area (Å²) in [7, 11) is 0. The molecule has 2 N–H and O–H groups in total. The minimum atomic E-state index is -0.254. The smallest absolute Gasteiger partial charge is 0.225 e. The Kier molecular flexibility index (Phi) is 6.44. The van der Waals surface area contributed by atoms with E-state index in [-0.39, 0.29) is 48.3 Å². The van der Waals surface area contributed by atoms with Crippen molar-refractivity contribution in [1.82, 2.24) is 4.90 Å². The zero-order chi connectivity index (χ0) is 18.3. The average Bonchev–Trinajstić information content (AvgIpc) is 2.61. The summed E-state index contributed by atoms with van der Waals surface area (Å²) < 4.78 is 19.2. The molecule has 1 aromatic rings. The summed E-state index contributed by atoms with van der Waals surface area (Å²) in [5.41, 5.74) is 7.31. The Morgan fingerprint density at radius 3 is 2.41 bits per heavy atom. The van der Waals surface area contributed by atoms with Crippen LogP contribution in [-0.4, -0.2) is 36.0 Å². The van der Waals surface area contributed by atoms with Gasteiger partial charge in [0.15, 0.2) is 0 Å². The fourth-order valence-electron chi connectivity index (χ4n) is 5.24. The number of halogens is 2. The lowest BCUT2D eigenvalue weighted by atomic mass is 9.65. The molecule has 1 amide bonds. The summed E-state index contributed by atoms with van der Waals surface area (Å²) in [6.45, 7) is 3.18. The van der Waals surface area contributed by atoms with E-state index in [0.717, 1.165) is 18.4 Å². The lowest BCUT2D eigenvalue weighted by Gasteiger charge is -2.45. The van der Waals surface area contributed by atoms with E-state index in [1.54, 1.807) is 12.1 Å². The third kappa shape index (κ3) is 4.30. The Hall–Kier alpha value is -1.17. The van der Waals surface area contributed by atoms with Crippen LogP contribution in [0.4, 0.5) is 4.39 Å². The Balaban J connectivity index is 0.00000210. The van der Waals surface area contributed by atoms with Crippen LogP contribution in [0.2, 0.25) is 0 Å². The molecule has 4 rings (SSSR count). The Morgan fingerprint density at radius 2 is 1.78 bits per heavy atom. The van der Waals surface area contributed by atoms with Crippen LogP contribution < -0.4 is 5.73 Å². The molecule has 1 aromatic carbocycles. The molecule has 2 saturated carbocycles. The molecule has 2 aliphatic carbocycles. The van der Waals surface area contributed by atoms with Gasteiger partial charge in [0.2, 0.25) is 5.91 Å². The van der Waals surface area contributed by atoms with E-state index in [1.165, 1.54) is 31.4 Å². The third-order valence-corrected chi connectivity index (χ3v) is 6.58. The summed E-state index contributed by atoms with van der Waals surface area (Å²) in [5.74, 6) is 1.11. The fraction of sp³-hybridized carbons (Fsp3) is 0.667. The van der Waals surface area contributed by atoms with Gasteiger partial charge in [-0.15, -0.1) is 12.4 Å². The first-order valence-corrected chi connectivity index (χ1v) is 9.96. The highest BCUT2D eigenvalue weighted by Crippen LogP contribution is 2.42. The van der Waals surface area contributed by atoms with Crippen molar-refractivity contribution < 1.29 is 13.9 Å². The van der Waals surface area contributed by atoms with Crippen molar-refractivity contribution in [3.8, 4) is 0 Å². The minimum absolute atomic E-state index is 0. The molecule has 4 nitrogen and oxygen atoms in total. The van der Waals surface area contributed by atoms with Gasteiger partial charge in [-0.2, -0.15) is 0 Å². The van der Waals surface area contributed by atoms with Crippen LogP contribution in [0.1, 0.15) is 50.7 Å². The first kappa shape index (κ1) is 20.6. The van der Waals surface area contributed by atoms with Crippen molar-refractivity contribution >= 4 is 18.3 Å². The number of carbonyl (C=O) groups is 1. The molecule has 3 aliphatic rings. The van der Waals surface area contributed by atoms with Crippen LogP contribution in [0, 0.1) is 23.6 Å². The number of nitrogens with zero attached hydrogens (tertiary/aromatic N) is 1. The number of hydrogen-bond acceptors (Lipinski definition) is 3. The van der Waals surface area contributed by atoms with Gasteiger partial charge >= 0.3 is 0 Å². The molecule has 4 atom stereocenters. The summed E-state index contributed by atoms with van der Waals surface area (Å²) in [6.07, 6.45) is 5.25. The van der Waals surface area contributed by atoms with E-state index >= 15 is 0 Å². The second-order valence-electron chi connectivity index (χ2n) is 8.43. The maximum atomic E-state index is 13.2. The maximum Gasteiger partial charge on any atom is 0.225 e. The molecule has 4 unspecified atom stereocenters. The predicted molar refractivity (Wildman–Crippen MR) is 105 cm³/mol. The van der Waals surface area contributed by atoms with Gasteiger partial charge in [-0.1, -0.05) is 18.6 Å². The van der Waals surface area contributed by atoms with Gasteiger partial charge < -0.3 is 15.4 Å². The number of morpholine rings is 1. The molecule has 1 saturated heterocycles. The highest BCUT2D eigenvalue weighted by atomic mass is 35.5. The fourth-order valence-corrected chi connectivity index (χ4v) is 5.24. The second kappa shape index (κ2) is 8.46. The second-order valence-corrected chi connectivity index (χ2v) is 8.43. The van der Waals surface area contributed by atoms with E-state index in [1.807, 2.05) is 11.8 Å². The van der Waals surface area contributed by atoms with Crippen LogP contribution in [0.3, 0.4) is 0 Å². The van der Waals surface area contributed by atoms with E-state index in [9.17, 15) is 9.18 Å².